The Kier molecular flexibility index (Phi) is 8.12. The molecule has 0 amide bonds. The summed E-state index contributed by atoms with van der Waals surface area (Å²) in [7, 11) is 0. The lowest BCUT2D eigenvalue weighted by molar-refractivity contribution is -0.161. The summed E-state index contributed by atoms with van der Waals surface area (Å²) in [5, 5.41) is 0. The Hall–Kier alpha value is -3.42. The van der Waals surface area contributed by atoms with Gasteiger partial charge in [0.05, 0.1) is 11.1 Å². The van der Waals surface area contributed by atoms with Gasteiger partial charge in [0, 0.05) is 25.0 Å². The monoisotopic (exact) mass is 390 g/mol. The second-order valence-electron chi connectivity index (χ2n) is 5.90. The van der Waals surface area contributed by atoms with Crippen LogP contribution in [0.5, 0.6) is 0 Å². The zero-order valence-electron chi connectivity index (χ0n) is 16.1. The van der Waals surface area contributed by atoms with E-state index in [1.54, 1.807) is 0 Å². The number of hydrogen-bond acceptors (Lipinski definition) is 8. The molecule has 0 radical (unpaired) electrons. The topological polar surface area (TPSA) is 105 Å². The van der Waals surface area contributed by atoms with Crippen molar-refractivity contribution in [1.29, 1.82) is 0 Å². The molecule has 2 unspecified atom stereocenters. The third-order valence-corrected chi connectivity index (χ3v) is 3.12. The minimum absolute atomic E-state index is 0.0410. The van der Waals surface area contributed by atoms with Crippen LogP contribution in [0.25, 0.3) is 0 Å². The SMILES string of the molecule is C=C(C)C(=O)OC(C)OC(=O)c1cccc(C(=O)OC(C)OC(=O)C(=C)C)c1. The van der Waals surface area contributed by atoms with Gasteiger partial charge in [-0.2, -0.15) is 0 Å². The highest BCUT2D eigenvalue weighted by molar-refractivity contribution is 5.95. The average Bonchev–Trinajstić information content (AvgIpc) is 2.61. The number of ether oxygens (including phenoxy) is 4. The summed E-state index contributed by atoms with van der Waals surface area (Å²) >= 11 is 0. The van der Waals surface area contributed by atoms with Crippen LogP contribution >= 0.6 is 0 Å². The largest absolute Gasteiger partial charge is 0.422 e. The van der Waals surface area contributed by atoms with Gasteiger partial charge in [0.15, 0.2) is 0 Å². The fraction of sp³-hybridized carbons (Fsp3) is 0.300. The van der Waals surface area contributed by atoms with Crippen LogP contribution in [-0.2, 0) is 28.5 Å². The molecule has 0 aromatic heterocycles. The zero-order valence-corrected chi connectivity index (χ0v) is 16.1. The fourth-order valence-electron chi connectivity index (χ4n) is 1.76. The molecule has 0 fully saturated rings. The van der Waals surface area contributed by atoms with Crippen molar-refractivity contribution in [2.24, 2.45) is 0 Å². The molecule has 0 N–H and O–H groups in total. The Morgan fingerprint density at radius 3 is 1.43 bits per heavy atom. The summed E-state index contributed by atoms with van der Waals surface area (Å²) < 4.78 is 19.7. The smallest absolute Gasteiger partial charge is 0.341 e. The Morgan fingerprint density at radius 1 is 0.750 bits per heavy atom. The van der Waals surface area contributed by atoms with E-state index >= 15 is 0 Å². The molecule has 0 bridgehead atoms. The van der Waals surface area contributed by atoms with Crippen LogP contribution in [0.1, 0.15) is 48.4 Å². The van der Waals surface area contributed by atoms with E-state index in [1.165, 1.54) is 52.0 Å². The van der Waals surface area contributed by atoms with Crippen molar-refractivity contribution in [3.8, 4) is 0 Å². The molecule has 0 heterocycles. The molecule has 150 valence electrons. The first-order chi connectivity index (χ1) is 13.0. The summed E-state index contributed by atoms with van der Waals surface area (Å²) in [5.41, 5.74) is 0.404. The molecule has 1 rings (SSSR count). The predicted molar refractivity (Wildman–Crippen MR) is 98.0 cm³/mol. The lowest BCUT2D eigenvalue weighted by atomic mass is 10.1. The van der Waals surface area contributed by atoms with E-state index in [9.17, 15) is 19.2 Å². The van der Waals surface area contributed by atoms with Gasteiger partial charge in [-0.05, 0) is 32.0 Å². The number of carbonyl (C=O) groups is 4. The maximum atomic E-state index is 12.2. The summed E-state index contributed by atoms with van der Waals surface area (Å²) in [5.74, 6) is -3.01. The number of hydrogen-bond donors (Lipinski definition) is 0. The van der Waals surface area contributed by atoms with Crippen molar-refractivity contribution in [2.75, 3.05) is 0 Å². The Bertz CT molecular complexity index is 745. The molecule has 0 saturated heterocycles. The van der Waals surface area contributed by atoms with E-state index in [1.807, 2.05) is 0 Å². The number of rotatable bonds is 8. The molecule has 0 saturated carbocycles. The van der Waals surface area contributed by atoms with Crippen LogP contribution in [0.2, 0.25) is 0 Å². The van der Waals surface area contributed by atoms with Gasteiger partial charge in [-0.1, -0.05) is 19.2 Å². The van der Waals surface area contributed by atoms with E-state index in [0.29, 0.717) is 0 Å². The van der Waals surface area contributed by atoms with Gasteiger partial charge in [-0.3, -0.25) is 0 Å². The Labute approximate surface area is 162 Å². The van der Waals surface area contributed by atoms with Gasteiger partial charge >= 0.3 is 23.9 Å². The molecular weight excluding hydrogens is 368 g/mol. The summed E-state index contributed by atoms with van der Waals surface area (Å²) in [6.07, 6.45) is -2.29. The maximum absolute atomic E-state index is 12.2. The van der Waals surface area contributed by atoms with Gasteiger partial charge < -0.3 is 18.9 Å². The quantitative estimate of drug-likeness (QED) is 0.379. The van der Waals surface area contributed by atoms with E-state index < -0.39 is 36.5 Å². The van der Waals surface area contributed by atoms with Crippen molar-refractivity contribution in [3.63, 3.8) is 0 Å². The summed E-state index contributed by atoms with van der Waals surface area (Å²) in [4.78, 5) is 47.2. The average molecular weight is 390 g/mol. The molecule has 0 aliphatic carbocycles. The number of esters is 4. The molecule has 8 heteroatoms. The normalized spacial score (nSPS) is 12.1. The van der Waals surface area contributed by atoms with Gasteiger partial charge in [0.1, 0.15) is 0 Å². The molecule has 2 atom stereocenters. The number of benzene rings is 1. The second kappa shape index (κ2) is 10.1. The second-order valence-corrected chi connectivity index (χ2v) is 5.90. The van der Waals surface area contributed by atoms with E-state index in [0.717, 1.165) is 0 Å². The van der Waals surface area contributed by atoms with Gasteiger partial charge in [0.25, 0.3) is 0 Å². The molecule has 28 heavy (non-hydrogen) atoms. The molecule has 8 nitrogen and oxygen atoms in total. The zero-order chi connectivity index (χ0) is 21.4. The van der Waals surface area contributed by atoms with Crippen LogP contribution in [0, 0.1) is 0 Å². The van der Waals surface area contributed by atoms with E-state index in [2.05, 4.69) is 13.2 Å². The Balaban J connectivity index is 2.74. The standard InChI is InChI=1S/C20H22O8/c1-11(2)17(21)25-13(5)27-19(23)15-8-7-9-16(10-15)20(24)28-14(6)26-18(22)12(3)4/h7-10,13-14H,1,3H2,2,4-6H3. The van der Waals surface area contributed by atoms with E-state index in [4.69, 9.17) is 18.9 Å². The maximum Gasteiger partial charge on any atom is 0.341 e. The minimum Gasteiger partial charge on any atom is -0.422 e. The van der Waals surface area contributed by atoms with Gasteiger partial charge in [0.2, 0.25) is 12.6 Å². The van der Waals surface area contributed by atoms with Crippen LogP contribution in [0.15, 0.2) is 48.6 Å². The minimum atomic E-state index is -1.14. The van der Waals surface area contributed by atoms with E-state index in [-0.39, 0.29) is 22.3 Å². The van der Waals surface area contributed by atoms with Gasteiger partial charge in [-0.15, -0.1) is 0 Å². The van der Waals surface area contributed by atoms with Crippen LogP contribution in [0.4, 0.5) is 0 Å². The first kappa shape index (κ1) is 22.6. The van der Waals surface area contributed by atoms with Crippen molar-refractivity contribution >= 4 is 23.9 Å². The lowest BCUT2D eigenvalue weighted by Crippen LogP contribution is -2.23. The first-order valence-corrected chi connectivity index (χ1v) is 8.26. The molecule has 1 aromatic rings. The Morgan fingerprint density at radius 2 is 1.11 bits per heavy atom. The van der Waals surface area contributed by atoms with Crippen LogP contribution in [-0.4, -0.2) is 36.5 Å². The van der Waals surface area contributed by atoms with Gasteiger partial charge in [-0.25, -0.2) is 19.2 Å². The molecule has 0 spiro atoms. The molecule has 1 aromatic carbocycles. The molecule has 0 aliphatic heterocycles. The third-order valence-electron chi connectivity index (χ3n) is 3.12. The first-order valence-electron chi connectivity index (χ1n) is 8.26. The summed E-state index contributed by atoms with van der Waals surface area (Å²) in [6.45, 7) is 12.5. The van der Waals surface area contributed by atoms with Crippen molar-refractivity contribution < 1.29 is 38.1 Å². The van der Waals surface area contributed by atoms with Crippen molar-refractivity contribution in [1.82, 2.24) is 0 Å². The fourth-order valence-corrected chi connectivity index (χ4v) is 1.76. The highest BCUT2D eigenvalue weighted by Gasteiger charge is 2.19. The number of carbonyl (C=O) groups excluding carboxylic acids is 4. The molecule has 0 aliphatic rings. The molecular formula is C20H22O8. The van der Waals surface area contributed by atoms with Crippen LogP contribution < -0.4 is 0 Å². The lowest BCUT2D eigenvalue weighted by Gasteiger charge is -2.15. The van der Waals surface area contributed by atoms with Crippen molar-refractivity contribution in [3.05, 3.63) is 59.7 Å². The highest BCUT2D eigenvalue weighted by Crippen LogP contribution is 2.12. The summed E-state index contributed by atoms with van der Waals surface area (Å²) in [6, 6.07) is 5.52. The highest BCUT2D eigenvalue weighted by atomic mass is 16.7. The van der Waals surface area contributed by atoms with Crippen LogP contribution in [0.3, 0.4) is 0 Å². The predicted octanol–water partition coefficient (Wildman–Crippen LogP) is 2.93. The van der Waals surface area contributed by atoms with Crippen molar-refractivity contribution in [2.45, 2.75) is 40.3 Å². The third kappa shape index (κ3) is 7.06.